The second-order valence-corrected chi connectivity index (χ2v) is 7.60. The highest BCUT2D eigenvalue weighted by atomic mass is 16.5. The van der Waals surface area contributed by atoms with Gasteiger partial charge in [-0.1, -0.05) is 6.07 Å². The molecule has 5 heteroatoms. The quantitative estimate of drug-likeness (QED) is 0.785. The van der Waals surface area contributed by atoms with E-state index in [9.17, 15) is 0 Å². The molecule has 2 aromatic rings. The Labute approximate surface area is 162 Å². The molecule has 0 amide bonds. The van der Waals surface area contributed by atoms with Crippen LogP contribution < -0.4 is 9.64 Å². The van der Waals surface area contributed by atoms with Crippen molar-refractivity contribution in [3.8, 4) is 5.75 Å². The molecule has 0 aliphatic carbocycles. The van der Waals surface area contributed by atoms with Gasteiger partial charge in [0.1, 0.15) is 5.75 Å². The van der Waals surface area contributed by atoms with Crippen LogP contribution >= 0.6 is 0 Å². The number of rotatable bonds is 6. The standard InChI is InChI=1S/C22H30N4O/c1-27-22-7-6-19(15-20(22)18-24-9-2-3-10-24)17-25-11-13-26(14-12-25)21-5-4-8-23-16-21/h4-8,15-16H,2-3,9-14,17-18H2,1H3. The first-order chi connectivity index (χ1) is 13.3. The van der Waals surface area contributed by atoms with Crippen LogP contribution in [-0.4, -0.2) is 61.2 Å². The van der Waals surface area contributed by atoms with Crippen LogP contribution in [-0.2, 0) is 13.1 Å². The van der Waals surface area contributed by atoms with E-state index in [1.54, 1.807) is 7.11 Å². The molecular formula is C22H30N4O. The van der Waals surface area contributed by atoms with E-state index in [1.165, 1.54) is 42.7 Å². The van der Waals surface area contributed by atoms with Crippen LogP contribution in [0.25, 0.3) is 0 Å². The third kappa shape index (κ3) is 4.60. The molecule has 0 bridgehead atoms. The summed E-state index contributed by atoms with van der Waals surface area (Å²) in [5.74, 6) is 1.02. The predicted molar refractivity (Wildman–Crippen MR) is 109 cm³/mol. The van der Waals surface area contributed by atoms with E-state index in [4.69, 9.17) is 4.74 Å². The number of benzene rings is 1. The van der Waals surface area contributed by atoms with Gasteiger partial charge in [0.05, 0.1) is 19.0 Å². The molecule has 27 heavy (non-hydrogen) atoms. The second kappa shape index (κ2) is 8.72. The van der Waals surface area contributed by atoms with Gasteiger partial charge >= 0.3 is 0 Å². The molecule has 0 unspecified atom stereocenters. The van der Waals surface area contributed by atoms with Gasteiger partial charge < -0.3 is 9.64 Å². The zero-order valence-corrected chi connectivity index (χ0v) is 16.3. The van der Waals surface area contributed by atoms with Crippen molar-refractivity contribution in [3.05, 3.63) is 53.9 Å². The number of aromatic nitrogens is 1. The van der Waals surface area contributed by atoms with Gasteiger partial charge in [0, 0.05) is 51.0 Å². The fourth-order valence-corrected chi connectivity index (χ4v) is 4.20. The monoisotopic (exact) mass is 366 g/mol. The van der Waals surface area contributed by atoms with E-state index >= 15 is 0 Å². The lowest BCUT2D eigenvalue weighted by molar-refractivity contribution is 0.249. The van der Waals surface area contributed by atoms with Gasteiger partial charge in [0.15, 0.2) is 0 Å². The number of pyridine rings is 1. The van der Waals surface area contributed by atoms with Crippen molar-refractivity contribution in [2.75, 3.05) is 51.3 Å². The Hall–Kier alpha value is -2.11. The van der Waals surface area contributed by atoms with Crippen LogP contribution in [0.3, 0.4) is 0 Å². The first kappa shape index (κ1) is 18.3. The van der Waals surface area contributed by atoms with Crippen molar-refractivity contribution in [1.29, 1.82) is 0 Å². The van der Waals surface area contributed by atoms with Crippen molar-refractivity contribution in [1.82, 2.24) is 14.8 Å². The molecule has 4 rings (SSSR count). The fraction of sp³-hybridized carbons (Fsp3) is 0.500. The number of hydrogen-bond acceptors (Lipinski definition) is 5. The van der Waals surface area contributed by atoms with E-state index in [1.807, 2.05) is 18.5 Å². The second-order valence-electron chi connectivity index (χ2n) is 7.60. The highest BCUT2D eigenvalue weighted by Gasteiger charge is 2.19. The van der Waals surface area contributed by atoms with E-state index < -0.39 is 0 Å². The van der Waals surface area contributed by atoms with Crippen LogP contribution in [0.1, 0.15) is 24.0 Å². The molecule has 2 aliphatic rings. The summed E-state index contributed by atoms with van der Waals surface area (Å²) in [6.45, 7) is 8.73. The average Bonchev–Trinajstić information content (AvgIpc) is 3.23. The maximum atomic E-state index is 5.61. The van der Waals surface area contributed by atoms with Crippen molar-refractivity contribution in [2.24, 2.45) is 0 Å². The van der Waals surface area contributed by atoms with Crippen LogP contribution in [0, 0.1) is 0 Å². The molecule has 5 nitrogen and oxygen atoms in total. The maximum absolute atomic E-state index is 5.61. The van der Waals surface area contributed by atoms with E-state index in [0.29, 0.717) is 0 Å². The lowest BCUT2D eigenvalue weighted by Crippen LogP contribution is -2.46. The van der Waals surface area contributed by atoms with Gasteiger partial charge in [-0.3, -0.25) is 14.8 Å². The Balaban J connectivity index is 1.36. The summed E-state index contributed by atoms with van der Waals surface area (Å²) in [4.78, 5) is 11.8. The summed E-state index contributed by atoms with van der Waals surface area (Å²) in [6.07, 6.45) is 6.44. The van der Waals surface area contributed by atoms with Gasteiger partial charge in [-0.15, -0.1) is 0 Å². The molecule has 0 atom stereocenters. The Morgan fingerprint density at radius 1 is 0.926 bits per heavy atom. The fourth-order valence-electron chi connectivity index (χ4n) is 4.20. The van der Waals surface area contributed by atoms with Crippen LogP contribution in [0.2, 0.25) is 0 Å². The van der Waals surface area contributed by atoms with E-state index in [0.717, 1.165) is 45.0 Å². The van der Waals surface area contributed by atoms with Gasteiger partial charge in [-0.2, -0.15) is 0 Å². The molecule has 0 radical (unpaired) electrons. The minimum Gasteiger partial charge on any atom is -0.496 e. The van der Waals surface area contributed by atoms with Gasteiger partial charge in [-0.05, 0) is 55.8 Å². The van der Waals surface area contributed by atoms with Crippen molar-refractivity contribution in [2.45, 2.75) is 25.9 Å². The molecule has 0 N–H and O–H groups in total. The molecule has 0 saturated carbocycles. The molecule has 2 aliphatic heterocycles. The topological polar surface area (TPSA) is 31.8 Å². The third-order valence-electron chi connectivity index (χ3n) is 5.73. The Morgan fingerprint density at radius 3 is 2.41 bits per heavy atom. The summed E-state index contributed by atoms with van der Waals surface area (Å²) in [5.41, 5.74) is 3.94. The molecule has 2 fully saturated rings. The highest BCUT2D eigenvalue weighted by Crippen LogP contribution is 2.24. The van der Waals surface area contributed by atoms with Crippen molar-refractivity contribution in [3.63, 3.8) is 0 Å². The van der Waals surface area contributed by atoms with E-state index in [-0.39, 0.29) is 0 Å². The number of piperazine rings is 1. The third-order valence-corrected chi connectivity index (χ3v) is 5.73. The van der Waals surface area contributed by atoms with Gasteiger partial charge in [-0.25, -0.2) is 0 Å². The molecule has 144 valence electrons. The van der Waals surface area contributed by atoms with Crippen LogP contribution in [0.5, 0.6) is 5.75 Å². The first-order valence-electron chi connectivity index (χ1n) is 10.1. The lowest BCUT2D eigenvalue weighted by atomic mass is 10.1. The Morgan fingerprint density at radius 2 is 1.70 bits per heavy atom. The predicted octanol–water partition coefficient (Wildman–Crippen LogP) is 3.01. The number of nitrogens with zero attached hydrogens (tertiary/aromatic N) is 4. The smallest absolute Gasteiger partial charge is 0.123 e. The maximum Gasteiger partial charge on any atom is 0.123 e. The summed E-state index contributed by atoms with van der Waals surface area (Å²) in [5, 5.41) is 0. The van der Waals surface area contributed by atoms with Crippen molar-refractivity contribution < 1.29 is 4.74 Å². The van der Waals surface area contributed by atoms with E-state index in [2.05, 4.69) is 43.9 Å². The summed E-state index contributed by atoms with van der Waals surface area (Å²) in [7, 11) is 1.78. The minimum atomic E-state index is 1.01. The normalized spacial score (nSPS) is 18.8. The minimum absolute atomic E-state index is 1.01. The molecule has 1 aromatic carbocycles. The Bertz CT molecular complexity index is 722. The largest absolute Gasteiger partial charge is 0.496 e. The molecule has 0 spiro atoms. The number of ether oxygens (including phenoxy) is 1. The SMILES string of the molecule is COc1ccc(CN2CCN(c3cccnc3)CC2)cc1CN1CCCC1. The molecule has 2 saturated heterocycles. The molecule has 1 aromatic heterocycles. The van der Waals surface area contributed by atoms with Crippen molar-refractivity contribution >= 4 is 5.69 Å². The zero-order chi connectivity index (χ0) is 18.5. The average molecular weight is 367 g/mol. The summed E-state index contributed by atoms with van der Waals surface area (Å²) >= 11 is 0. The lowest BCUT2D eigenvalue weighted by Gasteiger charge is -2.36. The number of anilines is 1. The van der Waals surface area contributed by atoms with Gasteiger partial charge in [0.2, 0.25) is 0 Å². The summed E-state index contributed by atoms with van der Waals surface area (Å²) in [6, 6.07) is 10.9. The summed E-state index contributed by atoms with van der Waals surface area (Å²) < 4.78 is 5.61. The molecule has 3 heterocycles. The number of likely N-dealkylation sites (tertiary alicyclic amines) is 1. The van der Waals surface area contributed by atoms with Crippen LogP contribution in [0.4, 0.5) is 5.69 Å². The number of hydrogen-bond donors (Lipinski definition) is 0. The Kier molecular flexibility index (Phi) is 5.90. The molecular weight excluding hydrogens is 336 g/mol. The number of methoxy groups -OCH3 is 1. The van der Waals surface area contributed by atoms with Crippen LogP contribution in [0.15, 0.2) is 42.7 Å². The van der Waals surface area contributed by atoms with Gasteiger partial charge in [0.25, 0.3) is 0 Å². The zero-order valence-electron chi connectivity index (χ0n) is 16.3. The first-order valence-corrected chi connectivity index (χ1v) is 10.1. The highest BCUT2D eigenvalue weighted by molar-refractivity contribution is 5.44.